The van der Waals surface area contributed by atoms with E-state index in [1.165, 1.54) is 20.0 Å². The van der Waals surface area contributed by atoms with Gasteiger partial charge in [0.05, 0.1) is 7.11 Å². The molecule has 0 spiro atoms. The van der Waals surface area contributed by atoms with Gasteiger partial charge < -0.3 is 15.4 Å². The second-order valence-corrected chi connectivity index (χ2v) is 5.39. The number of rotatable bonds is 6. The van der Waals surface area contributed by atoms with E-state index in [1.807, 2.05) is 30.3 Å². The van der Waals surface area contributed by atoms with Crippen molar-refractivity contribution in [2.24, 2.45) is 5.92 Å². The highest BCUT2D eigenvalue weighted by atomic mass is 16.5. The molecule has 0 radical (unpaired) electrons. The summed E-state index contributed by atoms with van der Waals surface area (Å²) in [5.41, 5.74) is 1.15. The third-order valence-corrected chi connectivity index (χ3v) is 3.82. The van der Waals surface area contributed by atoms with Crippen LogP contribution in [0.2, 0.25) is 0 Å². The summed E-state index contributed by atoms with van der Waals surface area (Å²) in [7, 11) is 1.45. The number of hydrogen-bond donors (Lipinski definition) is 2. The second kappa shape index (κ2) is 8.02. The van der Waals surface area contributed by atoms with E-state index in [0.717, 1.165) is 25.2 Å². The predicted molar refractivity (Wildman–Crippen MR) is 79.5 cm³/mol. The lowest BCUT2D eigenvalue weighted by Gasteiger charge is -2.25. The zero-order valence-corrected chi connectivity index (χ0v) is 12.1. The summed E-state index contributed by atoms with van der Waals surface area (Å²) in [6.07, 6.45) is 3.11. The van der Waals surface area contributed by atoms with Crippen LogP contribution in [0.3, 0.4) is 0 Å². The highest BCUT2D eigenvalue weighted by Crippen LogP contribution is 2.10. The van der Waals surface area contributed by atoms with Gasteiger partial charge in [0.2, 0.25) is 0 Å². The molecule has 1 aromatic rings. The summed E-state index contributed by atoms with van der Waals surface area (Å²) in [5.74, 6) is 0.421. The van der Waals surface area contributed by atoms with Crippen LogP contribution in [0.25, 0.3) is 0 Å². The molecule has 1 saturated heterocycles. The van der Waals surface area contributed by atoms with Crippen LogP contribution in [-0.4, -0.2) is 38.8 Å². The van der Waals surface area contributed by atoms with Gasteiger partial charge >= 0.3 is 5.97 Å². The number of methoxy groups -OCH3 is 1. The van der Waals surface area contributed by atoms with Crippen molar-refractivity contribution >= 4 is 5.97 Å². The summed E-state index contributed by atoms with van der Waals surface area (Å²) in [5, 5.41) is 6.77. The molecule has 1 aliphatic rings. The van der Waals surface area contributed by atoms with Crippen LogP contribution in [0.1, 0.15) is 18.4 Å². The molecule has 2 unspecified atom stereocenters. The Hall–Kier alpha value is -1.39. The zero-order valence-electron chi connectivity index (χ0n) is 12.1. The summed E-state index contributed by atoms with van der Waals surface area (Å²) < 4.78 is 4.91. The van der Waals surface area contributed by atoms with E-state index in [0.29, 0.717) is 12.3 Å². The van der Waals surface area contributed by atoms with Crippen LogP contribution in [0, 0.1) is 5.92 Å². The summed E-state index contributed by atoms with van der Waals surface area (Å²) in [6.45, 7) is 3.01. The molecule has 0 aromatic heterocycles. The van der Waals surface area contributed by atoms with Crippen molar-refractivity contribution in [2.75, 3.05) is 26.7 Å². The number of hydrogen-bond acceptors (Lipinski definition) is 4. The van der Waals surface area contributed by atoms with Crippen molar-refractivity contribution in [2.45, 2.75) is 25.3 Å². The first-order valence-electron chi connectivity index (χ1n) is 7.35. The first-order valence-corrected chi connectivity index (χ1v) is 7.35. The smallest absolute Gasteiger partial charge is 0.323 e. The minimum Gasteiger partial charge on any atom is -0.468 e. The Kier molecular flexibility index (Phi) is 6.02. The standard InChI is InChI=1S/C16H24N2O2/c1-20-16(19)15(10-13-6-3-2-4-7-13)18-12-14-8-5-9-17-11-14/h2-4,6-7,14-15,17-18H,5,8-12H2,1H3. The fourth-order valence-corrected chi connectivity index (χ4v) is 2.64. The molecule has 2 atom stereocenters. The molecule has 110 valence electrons. The van der Waals surface area contributed by atoms with Crippen molar-refractivity contribution in [1.29, 1.82) is 0 Å². The van der Waals surface area contributed by atoms with E-state index in [4.69, 9.17) is 4.74 Å². The number of ether oxygens (including phenoxy) is 1. The van der Waals surface area contributed by atoms with Gasteiger partial charge in [0, 0.05) is 0 Å². The lowest BCUT2D eigenvalue weighted by atomic mass is 9.98. The zero-order chi connectivity index (χ0) is 14.2. The van der Waals surface area contributed by atoms with Crippen LogP contribution >= 0.6 is 0 Å². The minimum atomic E-state index is -0.260. The van der Waals surface area contributed by atoms with Gasteiger partial charge in [-0.1, -0.05) is 30.3 Å². The van der Waals surface area contributed by atoms with Crippen LogP contribution < -0.4 is 10.6 Å². The van der Waals surface area contributed by atoms with E-state index in [-0.39, 0.29) is 12.0 Å². The monoisotopic (exact) mass is 276 g/mol. The molecule has 1 fully saturated rings. The molecule has 4 nitrogen and oxygen atoms in total. The van der Waals surface area contributed by atoms with Gasteiger partial charge in [-0.3, -0.25) is 4.79 Å². The summed E-state index contributed by atoms with van der Waals surface area (Å²) in [4.78, 5) is 11.9. The number of nitrogens with one attached hydrogen (secondary N) is 2. The van der Waals surface area contributed by atoms with Gasteiger partial charge in [-0.05, 0) is 50.4 Å². The van der Waals surface area contributed by atoms with E-state index in [9.17, 15) is 4.79 Å². The molecule has 1 aliphatic heterocycles. The average Bonchev–Trinajstić information content (AvgIpc) is 2.52. The number of benzene rings is 1. The highest BCUT2D eigenvalue weighted by molar-refractivity contribution is 5.76. The van der Waals surface area contributed by atoms with E-state index in [1.54, 1.807) is 0 Å². The summed E-state index contributed by atoms with van der Waals surface area (Å²) in [6, 6.07) is 9.80. The minimum absolute atomic E-state index is 0.183. The van der Waals surface area contributed by atoms with Crippen molar-refractivity contribution in [3.05, 3.63) is 35.9 Å². The van der Waals surface area contributed by atoms with E-state index >= 15 is 0 Å². The van der Waals surface area contributed by atoms with Gasteiger partial charge in [0.1, 0.15) is 6.04 Å². The van der Waals surface area contributed by atoms with Crippen molar-refractivity contribution in [1.82, 2.24) is 10.6 Å². The summed E-state index contributed by atoms with van der Waals surface area (Å²) >= 11 is 0. The lowest BCUT2D eigenvalue weighted by molar-refractivity contribution is -0.143. The maximum absolute atomic E-state index is 11.9. The Morgan fingerprint density at radius 1 is 1.45 bits per heavy atom. The van der Waals surface area contributed by atoms with Crippen LogP contribution in [0.15, 0.2) is 30.3 Å². The molecule has 0 amide bonds. The SMILES string of the molecule is COC(=O)C(Cc1ccccc1)NCC1CCCNC1. The topological polar surface area (TPSA) is 50.4 Å². The van der Waals surface area contributed by atoms with Gasteiger partial charge in [0.25, 0.3) is 0 Å². The largest absolute Gasteiger partial charge is 0.468 e. The second-order valence-electron chi connectivity index (χ2n) is 5.39. The third kappa shape index (κ3) is 4.62. The Bertz CT molecular complexity index is 402. The maximum atomic E-state index is 11.9. The fraction of sp³-hybridized carbons (Fsp3) is 0.562. The molecule has 2 N–H and O–H groups in total. The molecule has 0 saturated carbocycles. The fourth-order valence-electron chi connectivity index (χ4n) is 2.64. The van der Waals surface area contributed by atoms with Gasteiger partial charge in [-0.2, -0.15) is 0 Å². The van der Waals surface area contributed by atoms with E-state index in [2.05, 4.69) is 10.6 Å². The molecular formula is C16H24N2O2. The average molecular weight is 276 g/mol. The number of esters is 1. The molecule has 0 aliphatic carbocycles. The Morgan fingerprint density at radius 2 is 2.25 bits per heavy atom. The first kappa shape index (κ1) is 15.0. The molecule has 4 heteroatoms. The molecule has 1 heterocycles. The third-order valence-electron chi connectivity index (χ3n) is 3.82. The first-order chi connectivity index (χ1) is 9.79. The lowest BCUT2D eigenvalue weighted by Crippen LogP contribution is -2.44. The normalized spacial score (nSPS) is 20.4. The van der Waals surface area contributed by atoms with Crippen LogP contribution in [0.4, 0.5) is 0 Å². The Morgan fingerprint density at radius 3 is 2.90 bits per heavy atom. The Labute approximate surface area is 120 Å². The quantitative estimate of drug-likeness (QED) is 0.770. The molecule has 20 heavy (non-hydrogen) atoms. The Balaban J connectivity index is 1.88. The number of carbonyl (C=O) groups is 1. The van der Waals surface area contributed by atoms with Crippen molar-refractivity contribution in [3.8, 4) is 0 Å². The molecular weight excluding hydrogens is 252 g/mol. The number of piperidine rings is 1. The number of carbonyl (C=O) groups excluding carboxylic acids is 1. The van der Waals surface area contributed by atoms with Crippen LogP contribution in [-0.2, 0) is 16.0 Å². The van der Waals surface area contributed by atoms with Gasteiger partial charge in [0.15, 0.2) is 0 Å². The molecule has 0 bridgehead atoms. The van der Waals surface area contributed by atoms with Crippen LogP contribution in [0.5, 0.6) is 0 Å². The van der Waals surface area contributed by atoms with Crippen molar-refractivity contribution < 1.29 is 9.53 Å². The van der Waals surface area contributed by atoms with Gasteiger partial charge in [-0.25, -0.2) is 0 Å². The molecule has 1 aromatic carbocycles. The van der Waals surface area contributed by atoms with Gasteiger partial charge in [-0.15, -0.1) is 0 Å². The predicted octanol–water partition coefficient (Wildman–Crippen LogP) is 1.36. The van der Waals surface area contributed by atoms with E-state index < -0.39 is 0 Å². The maximum Gasteiger partial charge on any atom is 0.323 e. The van der Waals surface area contributed by atoms with Crippen molar-refractivity contribution in [3.63, 3.8) is 0 Å². The highest BCUT2D eigenvalue weighted by Gasteiger charge is 2.21. The molecule has 2 rings (SSSR count).